The van der Waals surface area contributed by atoms with Crippen molar-refractivity contribution in [2.45, 2.75) is 6.54 Å². The molecule has 0 unspecified atom stereocenters. The zero-order valence-electron chi connectivity index (χ0n) is 9.85. The van der Waals surface area contributed by atoms with Gasteiger partial charge in [0, 0.05) is 13.2 Å². The van der Waals surface area contributed by atoms with Crippen LogP contribution in [0.1, 0.15) is 5.56 Å². The van der Waals surface area contributed by atoms with Crippen LogP contribution in [-0.2, 0) is 6.54 Å². The Kier molecular flexibility index (Phi) is 4.17. The van der Waals surface area contributed by atoms with Crippen LogP contribution in [0.15, 0.2) is 36.5 Å². The maximum absolute atomic E-state index is 6.08. The van der Waals surface area contributed by atoms with E-state index in [1.165, 1.54) is 5.56 Å². The lowest BCUT2D eigenvalue weighted by atomic mass is 10.2. The van der Waals surface area contributed by atoms with E-state index in [-0.39, 0.29) is 0 Å². The monoisotopic (exact) mass is 280 g/mol. The van der Waals surface area contributed by atoms with Gasteiger partial charge in [-0.3, -0.25) is 4.68 Å². The molecule has 0 saturated carbocycles. The normalized spacial score (nSPS) is 10.1. The van der Waals surface area contributed by atoms with Crippen molar-refractivity contribution in [2.75, 3.05) is 12.4 Å². The van der Waals surface area contributed by atoms with Gasteiger partial charge in [0.15, 0.2) is 10.9 Å². The van der Waals surface area contributed by atoms with Gasteiger partial charge in [-0.1, -0.05) is 41.9 Å². The molecular weight excluding hydrogens is 268 g/mol. The Balaban J connectivity index is 2.11. The lowest BCUT2D eigenvalue weighted by Crippen LogP contribution is -2.24. The van der Waals surface area contributed by atoms with Gasteiger partial charge in [0.05, 0.1) is 6.54 Å². The summed E-state index contributed by atoms with van der Waals surface area (Å²) in [6.07, 6.45) is 1.77. The Bertz CT molecular complexity index is 538. The van der Waals surface area contributed by atoms with E-state index in [9.17, 15) is 0 Å². The van der Waals surface area contributed by atoms with Crippen LogP contribution in [0, 0.1) is 0 Å². The first-order valence-electron chi connectivity index (χ1n) is 5.44. The second-order valence-electron chi connectivity index (χ2n) is 3.71. The quantitative estimate of drug-likeness (QED) is 0.848. The molecule has 0 saturated heterocycles. The van der Waals surface area contributed by atoms with Gasteiger partial charge in [0.2, 0.25) is 0 Å². The predicted octanol–water partition coefficient (Wildman–Crippen LogP) is 2.50. The summed E-state index contributed by atoms with van der Waals surface area (Å²) in [5.74, 6) is 0.562. The van der Waals surface area contributed by atoms with Crippen molar-refractivity contribution < 1.29 is 0 Å². The van der Waals surface area contributed by atoms with E-state index in [1.54, 1.807) is 17.9 Å². The van der Waals surface area contributed by atoms with Crippen LogP contribution >= 0.6 is 23.8 Å². The molecular formula is C12H13ClN4S. The van der Waals surface area contributed by atoms with Crippen molar-refractivity contribution in [3.05, 3.63) is 47.1 Å². The van der Waals surface area contributed by atoms with Gasteiger partial charge in [0.25, 0.3) is 0 Å². The van der Waals surface area contributed by atoms with Crippen molar-refractivity contribution in [3.63, 3.8) is 0 Å². The van der Waals surface area contributed by atoms with Gasteiger partial charge < -0.3 is 10.6 Å². The molecule has 0 radical (unpaired) electrons. The lowest BCUT2D eigenvalue weighted by Gasteiger charge is -2.04. The molecule has 2 rings (SSSR count). The number of thiocarbonyl (C=S) groups is 1. The molecule has 0 spiro atoms. The molecule has 0 bridgehead atoms. The van der Waals surface area contributed by atoms with Gasteiger partial charge in [-0.25, -0.2) is 0 Å². The van der Waals surface area contributed by atoms with Crippen molar-refractivity contribution in [1.29, 1.82) is 0 Å². The molecule has 6 heteroatoms. The summed E-state index contributed by atoms with van der Waals surface area (Å²) >= 11 is 11.1. The Labute approximate surface area is 116 Å². The third-order valence-corrected chi connectivity index (χ3v) is 2.95. The topological polar surface area (TPSA) is 41.9 Å². The maximum Gasteiger partial charge on any atom is 0.173 e. The summed E-state index contributed by atoms with van der Waals surface area (Å²) < 4.78 is 1.78. The molecule has 0 fully saturated rings. The summed E-state index contributed by atoms with van der Waals surface area (Å²) in [6.45, 7) is 0.675. The van der Waals surface area contributed by atoms with Gasteiger partial charge in [-0.15, -0.1) is 0 Å². The van der Waals surface area contributed by atoms with Crippen molar-refractivity contribution in [2.24, 2.45) is 0 Å². The fraction of sp³-hybridized carbons (Fsp3) is 0.167. The minimum absolute atomic E-state index is 0.488. The number of rotatable bonds is 3. The minimum atomic E-state index is 0.488. The number of benzene rings is 1. The zero-order chi connectivity index (χ0) is 13.0. The van der Waals surface area contributed by atoms with E-state index in [0.717, 1.165) is 0 Å². The number of nitrogens with zero attached hydrogens (tertiary/aromatic N) is 2. The molecule has 1 aromatic heterocycles. The van der Waals surface area contributed by atoms with Crippen LogP contribution in [0.5, 0.6) is 0 Å². The third-order valence-electron chi connectivity index (χ3n) is 2.36. The number of halogens is 1. The van der Waals surface area contributed by atoms with E-state index in [0.29, 0.717) is 22.5 Å². The van der Waals surface area contributed by atoms with E-state index in [4.69, 9.17) is 23.8 Å². The molecule has 1 heterocycles. The predicted molar refractivity (Wildman–Crippen MR) is 78.1 cm³/mol. The van der Waals surface area contributed by atoms with Gasteiger partial charge >= 0.3 is 0 Å². The fourth-order valence-corrected chi connectivity index (χ4v) is 1.80. The van der Waals surface area contributed by atoms with Crippen LogP contribution in [0.3, 0.4) is 0 Å². The van der Waals surface area contributed by atoms with Crippen LogP contribution in [0.4, 0.5) is 5.82 Å². The smallest absolute Gasteiger partial charge is 0.173 e. The number of nitrogens with one attached hydrogen (secondary N) is 2. The molecule has 4 nitrogen and oxygen atoms in total. The molecule has 2 N–H and O–H groups in total. The summed E-state index contributed by atoms with van der Waals surface area (Å²) in [5, 5.41) is 11.1. The van der Waals surface area contributed by atoms with Gasteiger partial charge in [-0.05, 0) is 17.8 Å². The highest BCUT2D eigenvalue weighted by Crippen LogP contribution is 2.19. The van der Waals surface area contributed by atoms with Gasteiger partial charge in [0.1, 0.15) is 5.02 Å². The molecule has 1 aromatic carbocycles. The minimum Gasteiger partial charge on any atom is -0.365 e. The number of hydrogen-bond acceptors (Lipinski definition) is 2. The Hall–Kier alpha value is -1.59. The third kappa shape index (κ3) is 3.21. The van der Waals surface area contributed by atoms with Crippen LogP contribution in [0.2, 0.25) is 5.02 Å². The Morgan fingerprint density at radius 1 is 1.39 bits per heavy atom. The largest absolute Gasteiger partial charge is 0.365 e. The number of anilines is 1. The van der Waals surface area contributed by atoms with Crippen molar-refractivity contribution in [1.82, 2.24) is 15.1 Å². The highest BCUT2D eigenvalue weighted by Gasteiger charge is 2.08. The van der Waals surface area contributed by atoms with E-state index in [1.807, 2.05) is 30.3 Å². The molecule has 2 aromatic rings. The van der Waals surface area contributed by atoms with Crippen LogP contribution in [-0.4, -0.2) is 21.9 Å². The SMILES string of the molecule is CNC(=S)Nc1nn(Cc2ccccc2)cc1Cl. The summed E-state index contributed by atoms with van der Waals surface area (Å²) in [7, 11) is 1.74. The summed E-state index contributed by atoms with van der Waals surface area (Å²) in [5.41, 5.74) is 1.17. The molecule has 18 heavy (non-hydrogen) atoms. The maximum atomic E-state index is 6.08. The first-order valence-corrected chi connectivity index (χ1v) is 6.23. The standard InChI is InChI=1S/C12H13ClN4S/c1-14-12(18)15-11-10(13)8-17(16-11)7-9-5-3-2-4-6-9/h2-6,8H,7H2,1H3,(H2,14,15,16,18). The second-order valence-corrected chi connectivity index (χ2v) is 4.53. The van der Waals surface area contributed by atoms with E-state index < -0.39 is 0 Å². The second kappa shape index (κ2) is 5.84. The fourth-order valence-electron chi connectivity index (χ4n) is 1.50. The Morgan fingerprint density at radius 2 is 2.11 bits per heavy atom. The van der Waals surface area contributed by atoms with E-state index >= 15 is 0 Å². The number of aromatic nitrogens is 2. The molecule has 0 aliphatic heterocycles. The van der Waals surface area contributed by atoms with Crippen LogP contribution < -0.4 is 10.6 Å². The van der Waals surface area contributed by atoms with E-state index in [2.05, 4.69) is 15.7 Å². The van der Waals surface area contributed by atoms with Gasteiger partial charge in [-0.2, -0.15) is 5.10 Å². The molecule has 0 amide bonds. The first kappa shape index (κ1) is 12.9. The average molecular weight is 281 g/mol. The zero-order valence-corrected chi connectivity index (χ0v) is 11.4. The molecule has 0 aliphatic carbocycles. The molecule has 0 atom stereocenters. The van der Waals surface area contributed by atoms with Crippen molar-refractivity contribution >= 4 is 34.7 Å². The van der Waals surface area contributed by atoms with Crippen molar-refractivity contribution in [3.8, 4) is 0 Å². The summed E-state index contributed by atoms with van der Waals surface area (Å²) in [6, 6.07) is 10.1. The average Bonchev–Trinajstić information content (AvgIpc) is 2.70. The van der Waals surface area contributed by atoms with Crippen LogP contribution in [0.25, 0.3) is 0 Å². The first-order chi connectivity index (χ1) is 8.69. The summed E-state index contributed by atoms with van der Waals surface area (Å²) in [4.78, 5) is 0. The molecule has 0 aliphatic rings. The highest BCUT2D eigenvalue weighted by atomic mass is 35.5. The lowest BCUT2D eigenvalue weighted by molar-refractivity contribution is 0.690. The number of hydrogen-bond donors (Lipinski definition) is 2. The highest BCUT2D eigenvalue weighted by molar-refractivity contribution is 7.80. The molecule has 94 valence electrons. The Morgan fingerprint density at radius 3 is 2.78 bits per heavy atom.